The van der Waals surface area contributed by atoms with E-state index in [1.165, 1.54) is 49.9 Å². The zero-order valence-electron chi connectivity index (χ0n) is 14.1. The van der Waals surface area contributed by atoms with Crippen LogP contribution in [0, 0.1) is 5.92 Å². The van der Waals surface area contributed by atoms with Gasteiger partial charge in [0.1, 0.15) is 0 Å². The zero-order chi connectivity index (χ0) is 15.1. The van der Waals surface area contributed by atoms with Crippen LogP contribution in [0.3, 0.4) is 0 Å². The van der Waals surface area contributed by atoms with Gasteiger partial charge in [-0.2, -0.15) is 0 Å². The van der Waals surface area contributed by atoms with Crippen molar-refractivity contribution in [2.45, 2.75) is 58.9 Å². The summed E-state index contributed by atoms with van der Waals surface area (Å²) >= 11 is 0. The topological polar surface area (TPSA) is 15.3 Å². The summed E-state index contributed by atoms with van der Waals surface area (Å²) in [6.45, 7) is 10.4. The van der Waals surface area contributed by atoms with Gasteiger partial charge in [0.2, 0.25) is 0 Å². The molecule has 1 fully saturated rings. The number of nitrogens with zero attached hydrogens (tertiary/aromatic N) is 1. The lowest BCUT2D eigenvalue weighted by Crippen LogP contribution is -2.38. The minimum atomic E-state index is 0.632. The summed E-state index contributed by atoms with van der Waals surface area (Å²) in [6.07, 6.45) is 6.30. The van der Waals surface area contributed by atoms with Crippen molar-refractivity contribution >= 4 is 5.69 Å². The van der Waals surface area contributed by atoms with E-state index >= 15 is 0 Å². The third kappa shape index (κ3) is 5.35. The maximum atomic E-state index is 3.71. The Balaban J connectivity index is 1.98. The van der Waals surface area contributed by atoms with Crippen LogP contribution in [0.25, 0.3) is 0 Å². The number of hydrogen-bond donors (Lipinski definition) is 1. The van der Waals surface area contributed by atoms with Crippen LogP contribution >= 0.6 is 0 Å². The molecule has 1 aliphatic rings. The van der Waals surface area contributed by atoms with Gasteiger partial charge in [0.05, 0.1) is 0 Å². The zero-order valence-corrected chi connectivity index (χ0v) is 14.1. The lowest BCUT2D eigenvalue weighted by molar-refractivity contribution is 0.436. The fraction of sp³-hybridized carbons (Fsp3) is 0.684. The van der Waals surface area contributed by atoms with Gasteiger partial charge >= 0.3 is 0 Å². The maximum Gasteiger partial charge on any atom is 0.0366 e. The molecule has 118 valence electrons. The highest BCUT2D eigenvalue weighted by Crippen LogP contribution is 2.20. The van der Waals surface area contributed by atoms with Crippen LogP contribution in [-0.2, 0) is 6.42 Å². The van der Waals surface area contributed by atoms with E-state index in [4.69, 9.17) is 0 Å². The third-order valence-electron chi connectivity index (χ3n) is 4.36. The summed E-state index contributed by atoms with van der Waals surface area (Å²) in [5.74, 6) is 0.763. The van der Waals surface area contributed by atoms with Gasteiger partial charge in [0.15, 0.2) is 0 Å². The first-order valence-corrected chi connectivity index (χ1v) is 8.76. The summed E-state index contributed by atoms with van der Waals surface area (Å²) in [6, 6.07) is 9.92. The van der Waals surface area contributed by atoms with Crippen molar-refractivity contribution in [1.29, 1.82) is 0 Å². The molecule has 2 nitrogen and oxygen atoms in total. The first-order chi connectivity index (χ1) is 10.2. The molecule has 1 saturated heterocycles. The fourth-order valence-electron chi connectivity index (χ4n) is 3.21. The van der Waals surface area contributed by atoms with E-state index in [9.17, 15) is 0 Å². The molecule has 2 heteroatoms. The second-order valence-corrected chi connectivity index (χ2v) is 6.85. The highest BCUT2D eigenvalue weighted by Gasteiger charge is 2.18. The monoisotopic (exact) mass is 288 g/mol. The van der Waals surface area contributed by atoms with E-state index in [2.05, 4.69) is 55.3 Å². The molecule has 1 atom stereocenters. The lowest BCUT2D eigenvalue weighted by Gasteiger charge is -2.27. The van der Waals surface area contributed by atoms with E-state index in [0.29, 0.717) is 6.04 Å². The van der Waals surface area contributed by atoms with E-state index in [1.807, 2.05) is 0 Å². The Labute approximate surface area is 130 Å². The summed E-state index contributed by atoms with van der Waals surface area (Å²) in [5.41, 5.74) is 2.87. The molecular weight excluding hydrogens is 256 g/mol. The summed E-state index contributed by atoms with van der Waals surface area (Å²) in [5, 5.41) is 3.71. The molecule has 1 aliphatic heterocycles. The van der Waals surface area contributed by atoms with Crippen LogP contribution in [0.1, 0.15) is 52.0 Å². The quantitative estimate of drug-likeness (QED) is 0.842. The average Bonchev–Trinajstić information content (AvgIpc) is 2.70. The van der Waals surface area contributed by atoms with Crippen LogP contribution in [0.4, 0.5) is 5.69 Å². The van der Waals surface area contributed by atoms with Gasteiger partial charge in [0, 0.05) is 24.8 Å². The first kappa shape index (κ1) is 16.4. The van der Waals surface area contributed by atoms with Crippen LogP contribution in [0.2, 0.25) is 0 Å². The largest absolute Gasteiger partial charge is 0.370 e. The van der Waals surface area contributed by atoms with E-state index in [-0.39, 0.29) is 0 Å². The number of unbranched alkanes of at least 4 members (excludes halogenated alkanes) is 1. The summed E-state index contributed by atoms with van der Waals surface area (Å²) in [7, 11) is 0. The molecule has 0 aliphatic carbocycles. The Hall–Kier alpha value is -1.02. The number of aryl methyl sites for hydroxylation is 1. The Morgan fingerprint density at radius 3 is 2.67 bits per heavy atom. The van der Waals surface area contributed by atoms with Crippen LogP contribution in [0.5, 0.6) is 0 Å². The number of benzene rings is 1. The van der Waals surface area contributed by atoms with Gasteiger partial charge < -0.3 is 10.2 Å². The van der Waals surface area contributed by atoms with E-state index in [0.717, 1.165) is 19.0 Å². The van der Waals surface area contributed by atoms with Gasteiger partial charge in [-0.25, -0.2) is 0 Å². The molecule has 21 heavy (non-hydrogen) atoms. The normalized spacial score (nSPS) is 19.8. The molecule has 0 aromatic heterocycles. The smallest absolute Gasteiger partial charge is 0.0366 e. The average molecular weight is 288 g/mol. The van der Waals surface area contributed by atoms with Gasteiger partial charge in [-0.05, 0) is 55.8 Å². The Bertz CT molecular complexity index is 397. The Kier molecular flexibility index (Phi) is 6.56. The molecule has 0 saturated carbocycles. The predicted molar refractivity (Wildman–Crippen MR) is 93.1 cm³/mol. The number of nitrogens with one attached hydrogen (secondary N) is 1. The van der Waals surface area contributed by atoms with E-state index < -0.39 is 0 Å². The number of anilines is 1. The SMILES string of the molecule is CCCCc1ccc(N2CCCNC(CC(C)C)C2)cc1. The fourth-order valence-corrected chi connectivity index (χ4v) is 3.21. The predicted octanol–water partition coefficient (Wildman–Crippen LogP) is 4.24. The minimum absolute atomic E-state index is 0.632. The molecule has 1 aromatic carbocycles. The number of rotatable bonds is 6. The van der Waals surface area contributed by atoms with Crippen LogP contribution in [0.15, 0.2) is 24.3 Å². The third-order valence-corrected chi connectivity index (χ3v) is 4.36. The molecule has 1 unspecified atom stereocenters. The van der Waals surface area contributed by atoms with Crippen molar-refractivity contribution in [2.24, 2.45) is 5.92 Å². The Morgan fingerprint density at radius 2 is 2.00 bits per heavy atom. The summed E-state index contributed by atoms with van der Waals surface area (Å²) < 4.78 is 0. The van der Waals surface area contributed by atoms with E-state index in [1.54, 1.807) is 0 Å². The van der Waals surface area contributed by atoms with Crippen LogP contribution in [-0.4, -0.2) is 25.7 Å². The van der Waals surface area contributed by atoms with Gasteiger partial charge in [-0.3, -0.25) is 0 Å². The van der Waals surface area contributed by atoms with Crippen molar-refractivity contribution in [2.75, 3.05) is 24.5 Å². The lowest BCUT2D eigenvalue weighted by atomic mass is 10.0. The standard InChI is InChI=1S/C19H32N2/c1-4-5-7-17-8-10-19(11-9-17)21-13-6-12-20-18(15-21)14-16(2)3/h8-11,16,18,20H,4-7,12-15H2,1-3H3. The number of hydrogen-bond acceptors (Lipinski definition) is 2. The molecule has 2 rings (SSSR count). The highest BCUT2D eigenvalue weighted by molar-refractivity contribution is 5.48. The molecule has 1 aromatic rings. The molecule has 0 amide bonds. The minimum Gasteiger partial charge on any atom is -0.370 e. The van der Waals surface area contributed by atoms with Crippen molar-refractivity contribution < 1.29 is 0 Å². The Morgan fingerprint density at radius 1 is 1.24 bits per heavy atom. The first-order valence-electron chi connectivity index (χ1n) is 8.76. The second-order valence-electron chi connectivity index (χ2n) is 6.85. The summed E-state index contributed by atoms with van der Waals surface area (Å²) in [4.78, 5) is 2.57. The van der Waals surface area contributed by atoms with Crippen molar-refractivity contribution in [1.82, 2.24) is 5.32 Å². The highest BCUT2D eigenvalue weighted by atomic mass is 15.2. The van der Waals surface area contributed by atoms with Gasteiger partial charge in [-0.1, -0.05) is 39.3 Å². The van der Waals surface area contributed by atoms with Gasteiger partial charge in [0.25, 0.3) is 0 Å². The molecule has 0 spiro atoms. The molecular formula is C19H32N2. The molecule has 1 N–H and O–H groups in total. The van der Waals surface area contributed by atoms with Crippen molar-refractivity contribution in [3.8, 4) is 0 Å². The van der Waals surface area contributed by atoms with Crippen LogP contribution < -0.4 is 10.2 Å². The molecule has 0 radical (unpaired) electrons. The van der Waals surface area contributed by atoms with Crippen molar-refractivity contribution in [3.63, 3.8) is 0 Å². The van der Waals surface area contributed by atoms with Crippen molar-refractivity contribution in [3.05, 3.63) is 29.8 Å². The second kappa shape index (κ2) is 8.43. The van der Waals surface area contributed by atoms with Gasteiger partial charge in [-0.15, -0.1) is 0 Å². The molecule has 0 bridgehead atoms. The molecule has 1 heterocycles. The maximum absolute atomic E-state index is 3.71.